The number of benzene rings is 2. The molecular weight excluding hydrogens is 413 g/mol. The lowest BCUT2D eigenvalue weighted by Crippen LogP contribution is -2.51. The second kappa shape index (κ2) is 9.07. The highest BCUT2D eigenvalue weighted by atomic mass is 19.4. The second-order valence-corrected chi connectivity index (χ2v) is 7.52. The molecule has 0 radical (unpaired) electrons. The molecular formula is C22H23F3N2O4. The largest absolute Gasteiger partial charge is 0.416 e. The molecule has 2 aromatic carbocycles. The predicted molar refractivity (Wildman–Crippen MR) is 106 cm³/mol. The van der Waals surface area contributed by atoms with Gasteiger partial charge in [-0.3, -0.25) is 9.59 Å². The number of aliphatic hydroxyl groups excluding tert-OH is 2. The average Bonchev–Trinajstić information content (AvgIpc) is 2.76. The number of nitrogens with zero attached hydrogens (tertiary/aromatic N) is 1. The van der Waals surface area contributed by atoms with Crippen LogP contribution in [0, 0.1) is 0 Å². The Morgan fingerprint density at radius 1 is 1.00 bits per heavy atom. The van der Waals surface area contributed by atoms with E-state index >= 15 is 0 Å². The number of hydrogen-bond acceptors (Lipinski definition) is 4. The molecule has 0 saturated carbocycles. The predicted octanol–water partition coefficient (Wildman–Crippen LogP) is 2.19. The van der Waals surface area contributed by atoms with Gasteiger partial charge < -0.3 is 20.4 Å². The topological polar surface area (TPSA) is 89.9 Å². The molecule has 3 rings (SSSR count). The van der Waals surface area contributed by atoms with Crippen LogP contribution in [0.25, 0.3) is 0 Å². The summed E-state index contributed by atoms with van der Waals surface area (Å²) in [5.74, 6) is -1.76. The van der Waals surface area contributed by atoms with Gasteiger partial charge in [-0.1, -0.05) is 36.4 Å². The summed E-state index contributed by atoms with van der Waals surface area (Å²) in [5, 5.41) is 22.8. The molecule has 6 nitrogen and oxygen atoms in total. The van der Waals surface area contributed by atoms with Crippen LogP contribution in [0.2, 0.25) is 0 Å². The lowest BCUT2D eigenvalue weighted by atomic mass is 9.99. The first-order chi connectivity index (χ1) is 14.6. The Balaban J connectivity index is 1.59. The molecule has 166 valence electrons. The van der Waals surface area contributed by atoms with Gasteiger partial charge in [-0.25, -0.2) is 0 Å². The highest BCUT2D eigenvalue weighted by Gasteiger charge is 2.35. The molecule has 0 bridgehead atoms. The molecule has 31 heavy (non-hydrogen) atoms. The zero-order valence-corrected chi connectivity index (χ0v) is 16.8. The lowest BCUT2D eigenvalue weighted by Gasteiger charge is -2.31. The number of amides is 2. The van der Waals surface area contributed by atoms with Gasteiger partial charge in [0.25, 0.3) is 11.8 Å². The third-order valence-electron chi connectivity index (χ3n) is 5.36. The fourth-order valence-corrected chi connectivity index (χ4v) is 3.49. The maximum atomic E-state index is 12.7. The SMILES string of the molecule is CC(NC(=O)[C@H](O)[C@@H](O)C(=O)N1CCc2ccccc2C1)c1ccc(C(F)(F)F)cc1. The molecule has 2 aromatic rings. The smallest absolute Gasteiger partial charge is 0.380 e. The molecule has 0 saturated heterocycles. The van der Waals surface area contributed by atoms with Crippen molar-refractivity contribution in [2.24, 2.45) is 0 Å². The minimum atomic E-state index is -4.47. The van der Waals surface area contributed by atoms with Crippen molar-refractivity contribution >= 4 is 11.8 Å². The van der Waals surface area contributed by atoms with E-state index in [1.54, 1.807) is 0 Å². The Bertz CT molecular complexity index is 947. The van der Waals surface area contributed by atoms with E-state index in [0.29, 0.717) is 18.5 Å². The van der Waals surface area contributed by atoms with Gasteiger partial charge in [-0.15, -0.1) is 0 Å². The van der Waals surface area contributed by atoms with Crippen LogP contribution in [0.3, 0.4) is 0 Å². The Hall–Kier alpha value is -2.91. The molecule has 1 heterocycles. The van der Waals surface area contributed by atoms with E-state index in [-0.39, 0.29) is 6.54 Å². The highest BCUT2D eigenvalue weighted by Crippen LogP contribution is 2.30. The van der Waals surface area contributed by atoms with Gasteiger partial charge in [-0.05, 0) is 42.2 Å². The standard InChI is InChI=1S/C22H23F3N2O4/c1-13(14-6-8-17(9-7-14)22(23,24)25)26-20(30)18(28)19(29)21(31)27-11-10-15-4-2-3-5-16(15)12-27/h2-9,13,18-19,28-29H,10-12H2,1H3,(H,26,30)/t13?,18-,19-/m1/s1. The van der Waals surface area contributed by atoms with Crippen molar-refractivity contribution in [1.82, 2.24) is 10.2 Å². The summed E-state index contributed by atoms with van der Waals surface area (Å²) in [6.07, 6.45) is -7.84. The molecule has 9 heteroatoms. The molecule has 0 aliphatic carbocycles. The summed E-state index contributed by atoms with van der Waals surface area (Å²) in [5.41, 5.74) is 1.59. The van der Waals surface area contributed by atoms with Crippen LogP contribution in [0.15, 0.2) is 48.5 Å². The Morgan fingerprint density at radius 3 is 2.23 bits per heavy atom. The third-order valence-corrected chi connectivity index (χ3v) is 5.36. The molecule has 1 aliphatic heterocycles. The number of halogens is 3. The van der Waals surface area contributed by atoms with Gasteiger partial charge in [-0.2, -0.15) is 13.2 Å². The van der Waals surface area contributed by atoms with E-state index in [2.05, 4.69) is 5.32 Å². The van der Waals surface area contributed by atoms with Crippen LogP contribution in [-0.2, 0) is 28.7 Å². The van der Waals surface area contributed by atoms with Gasteiger partial charge in [0.2, 0.25) is 0 Å². The van der Waals surface area contributed by atoms with Crippen molar-refractivity contribution in [3.8, 4) is 0 Å². The second-order valence-electron chi connectivity index (χ2n) is 7.52. The van der Waals surface area contributed by atoms with Crippen molar-refractivity contribution in [3.05, 3.63) is 70.8 Å². The number of carbonyl (C=O) groups is 2. The average molecular weight is 436 g/mol. The Morgan fingerprint density at radius 2 is 1.61 bits per heavy atom. The maximum absolute atomic E-state index is 12.7. The Labute approximate surface area is 177 Å². The number of nitrogens with one attached hydrogen (secondary N) is 1. The molecule has 0 spiro atoms. The van der Waals surface area contributed by atoms with E-state index in [4.69, 9.17) is 0 Å². The lowest BCUT2D eigenvalue weighted by molar-refractivity contribution is -0.154. The summed E-state index contributed by atoms with van der Waals surface area (Å²) in [7, 11) is 0. The number of hydrogen-bond donors (Lipinski definition) is 3. The van der Waals surface area contributed by atoms with Gasteiger partial charge in [0.05, 0.1) is 11.6 Å². The molecule has 1 unspecified atom stereocenters. The van der Waals surface area contributed by atoms with Crippen molar-refractivity contribution in [2.45, 2.75) is 44.3 Å². The highest BCUT2D eigenvalue weighted by molar-refractivity contribution is 5.91. The third kappa shape index (κ3) is 5.23. The summed E-state index contributed by atoms with van der Waals surface area (Å²) in [6, 6.07) is 11.0. The maximum Gasteiger partial charge on any atom is 0.416 e. The monoisotopic (exact) mass is 436 g/mol. The van der Waals surface area contributed by atoms with Crippen molar-refractivity contribution in [1.29, 1.82) is 0 Å². The van der Waals surface area contributed by atoms with E-state index in [0.717, 1.165) is 23.3 Å². The van der Waals surface area contributed by atoms with Crippen LogP contribution in [0.5, 0.6) is 0 Å². The number of rotatable bonds is 5. The van der Waals surface area contributed by atoms with E-state index < -0.39 is 41.8 Å². The van der Waals surface area contributed by atoms with Crippen molar-refractivity contribution in [3.63, 3.8) is 0 Å². The minimum Gasteiger partial charge on any atom is -0.380 e. The van der Waals surface area contributed by atoms with Gasteiger partial charge in [0.15, 0.2) is 12.2 Å². The fourth-order valence-electron chi connectivity index (χ4n) is 3.49. The zero-order chi connectivity index (χ0) is 22.8. The van der Waals surface area contributed by atoms with Crippen molar-refractivity contribution < 1.29 is 33.0 Å². The van der Waals surface area contributed by atoms with E-state index in [9.17, 15) is 33.0 Å². The van der Waals surface area contributed by atoms with Crippen LogP contribution in [-0.4, -0.2) is 45.7 Å². The number of alkyl halides is 3. The first kappa shape index (κ1) is 22.8. The normalized spacial score (nSPS) is 16.8. The van der Waals surface area contributed by atoms with E-state index in [1.165, 1.54) is 24.0 Å². The van der Waals surface area contributed by atoms with Crippen LogP contribution in [0.1, 0.15) is 35.2 Å². The molecule has 3 N–H and O–H groups in total. The molecule has 3 atom stereocenters. The minimum absolute atomic E-state index is 0.266. The van der Waals surface area contributed by atoms with Crippen LogP contribution < -0.4 is 5.32 Å². The first-order valence-corrected chi connectivity index (χ1v) is 9.77. The number of carbonyl (C=O) groups excluding carboxylic acids is 2. The van der Waals surface area contributed by atoms with Gasteiger partial charge in [0.1, 0.15) is 0 Å². The zero-order valence-electron chi connectivity index (χ0n) is 16.8. The quantitative estimate of drug-likeness (QED) is 0.671. The summed E-state index contributed by atoms with van der Waals surface area (Å²) in [6.45, 7) is 2.13. The fraction of sp³-hybridized carbons (Fsp3) is 0.364. The molecule has 2 amide bonds. The summed E-state index contributed by atoms with van der Waals surface area (Å²) >= 11 is 0. The summed E-state index contributed by atoms with van der Waals surface area (Å²) < 4.78 is 38.0. The van der Waals surface area contributed by atoms with Crippen molar-refractivity contribution in [2.75, 3.05) is 6.54 Å². The van der Waals surface area contributed by atoms with Gasteiger partial charge in [0, 0.05) is 13.1 Å². The van der Waals surface area contributed by atoms with Gasteiger partial charge >= 0.3 is 6.18 Å². The first-order valence-electron chi connectivity index (χ1n) is 9.77. The summed E-state index contributed by atoms with van der Waals surface area (Å²) in [4.78, 5) is 26.3. The molecule has 0 aromatic heterocycles. The molecule has 0 fully saturated rings. The number of fused-ring (bicyclic) bond motifs is 1. The van der Waals surface area contributed by atoms with Crippen LogP contribution in [0.4, 0.5) is 13.2 Å². The van der Waals surface area contributed by atoms with E-state index in [1.807, 2.05) is 24.3 Å². The number of aliphatic hydroxyl groups is 2. The Kier molecular flexibility index (Phi) is 6.66. The van der Waals surface area contributed by atoms with Crippen LogP contribution >= 0.6 is 0 Å². The molecule has 1 aliphatic rings.